The maximum absolute atomic E-state index is 12.8. The Labute approximate surface area is 216 Å². The molecule has 36 heavy (non-hydrogen) atoms. The number of halogens is 5. The number of aromatic hydroxyl groups is 1. The second kappa shape index (κ2) is 13.1. The minimum absolute atomic E-state index is 0.0199. The molecule has 0 unspecified atom stereocenters. The molecule has 0 heterocycles. The number of benzene rings is 3. The number of carbonyl (C=O) groups is 1. The topological polar surface area (TPSA) is 60.1 Å². The predicted octanol–water partition coefficient (Wildman–Crippen LogP) is 8.42. The highest BCUT2D eigenvalue weighted by Gasteiger charge is 2.31. The standard InChI is InChI=1S/C16H11ClF3NO.C10H11ClO3/c1-3-10-4-5-14(17)15(6-10)22-13-8-11(16(18,19)20)7-12(9-13)21-2;1-2-14-10(13)6-7-3-4-8(11)9(12)5-7/h4-9H,3H2,1H3;3-5,12H,2,6H2,1H3. The lowest BCUT2D eigenvalue weighted by Gasteiger charge is -2.12. The Bertz CT molecular complexity index is 1260. The molecule has 0 aromatic heterocycles. The molecule has 190 valence electrons. The van der Waals surface area contributed by atoms with E-state index in [1.807, 2.05) is 13.0 Å². The zero-order valence-corrected chi connectivity index (χ0v) is 20.8. The molecule has 10 heteroatoms. The number of phenols is 1. The monoisotopic (exact) mass is 539 g/mol. The van der Waals surface area contributed by atoms with Crippen molar-refractivity contribution in [3.63, 3.8) is 0 Å². The lowest BCUT2D eigenvalue weighted by Crippen LogP contribution is -2.07. The van der Waals surface area contributed by atoms with Crippen LogP contribution in [0.4, 0.5) is 18.9 Å². The molecule has 3 aromatic carbocycles. The molecule has 0 fully saturated rings. The van der Waals surface area contributed by atoms with Crippen molar-refractivity contribution in [2.45, 2.75) is 32.9 Å². The smallest absolute Gasteiger partial charge is 0.415 e. The zero-order valence-electron chi connectivity index (χ0n) is 19.3. The average Bonchev–Trinajstić information content (AvgIpc) is 2.82. The first-order valence-electron chi connectivity index (χ1n) is 10.7. The fraction of sp³-hybridized carbons (Fsp3) is 0.231. The molecular weight excluding hydrogens is 518 g/mol. The molecular formula is C26H22Cl2F3NO4. The van der Waals surface area contributed by atoms with Gasteiger partial charge in [0.1, 0.15) is 17.2 Å². The van der Waals surface area contributed by atoms with Crippen LogP contribution < -0.4 is 4.74 Å². The van der Waals surface area contributed by atoms with Gasteiger partial charge in [-0.3, -0.25) is 4.79 Å². The summed E-state index contributed by atoms with van der Waals surface area (Å²) in [5.74, 6) is -0.144. The number of esters is 1. The molecule has 0 amide bonds. The van der Waals surface area contributed by atoms with Crippen LogP contribution >= 0.6 is 23.2 Å². The summed E-state index contributed by atoms with van der Waals surface area (Å²) in [5, 5.41) is 9.83. The van der Waals surface area contributed by atoms with Crippen molar-refractivity contribution in [3.8, 4) is 17.2 Å². The second-order valence-corrected chi connectivity index (χ2v) is 8.13. The van der Waals surface area contributed by atoms with E-state index in [9.17, 15) is 23.1 Å². The van der Waals surface area contributed by atoms with E-state index in [-0.39, 0.29) is 40.3 Å². The number of hydrogen-bond acceptors (Lipinski definition) is 4. The third-order valence-corrected chi connectivity index (χ3v) is 5.28. The van der Waals surface area contributed by atoms with Gasteiger partial charge in [-0.05, 0) is 66.9 Å². The first-order chi connectivity index (χ1) is 17.0. The number of alkyl halides is 3. The summed E-state index contributed by atoms with van der Waals surface area (Å²) in [4.78, 5) is 14.1. The lowest BCUT2D eigenvalue weighted by atomic mass is 10.1. The van der Waals surface area contributed by atoms with E-state index in [0.717, 1.165) is 24.1 Å². The summed E-state index contributed by atoms with van der Waals surface area (Å²) in [7, 11) is 0. The molecule has 0 aliphatic carbocycles. The van der Waals surface area contributed by atoms with Crippen molar-refractivity contribution < 1.29 is 32.5 Å². The lowest BCUT2D eigenvalue weighted by molar-refractivity contribution is -0.142. The number of rotatable bonds is 6. The minimum Gasteiger partial charge on any atom is -0.506 e. The Hall–Kier alpha value is -3.41. The number of hydrogen-bond donors (Lipinski definition) is 1. The van der Waals surface area contributed by atoms with Crippen molar-refractivity contribution >= 4 is 34.9 Å². The quantitative estimate of drug-likeness (QED) is 0.252. The predicted molar refractivity (Wildman–Crippen MR) is 132 cm³/mol. The third kappa shape index (κ3) is 8.67. The Kier molecular flexibility index (Phi) is 10.5. The van der Waals surface area contributed by atoms with Crippen molar-refractivity contribution in [1.82, 2.24) is 0 Å². The molecule has 0 spiro atoms. The molecule has 0 aliphatic rings. The zero-order chi connectivity index (χ0) is 26.9. The van der Waals surface area contributed by atoms with Crippen LogP contribution in [0.15, 0.2) is 54.6 Å². The van der Waals surface area contributed by atoms with E-state index in [0.29, 0.717) is 17.2 Å². The van der Waals surface area contributed by atoms with Gasteiger partial charge in [0.05, 0.1) is 29.6 Å². The molecule has 0 radical (unpaired) electrons. The molecule has 3 rings (SSSR count). The van der Waals surface area contributed by atoms with Crippen molar-refractivity contribution in [3.05, 3.63) is 92.8 Å². The normalized spacial score (nSPS) is 10.6. The van der Waals surface area contributed by atoms with E-state index >= 15 is 0 Å². The first-order valence-corrected chi connectivity index (χ1v) is 11.4. The minimum atomic E-state index is -4.55. The molecule has 3 aromatic rings. The molecule has 0 saturated carbocycles. The summed E-state index contributed by atoms with van der Waals surface area (Å²) < 4.78 is 48.7. The van der Waals surface area contributed by atoms with E-state index < -0.39 is 11.7 Å². The average molecular weight is 540 g/mol. The summed E-state index contributed by atoms with van der Waals surface area (Å²) in [5.41, 5.74) is 0.550. The Morgan fingerprint density at radius 1 is 1.00 bits per heavy atom. The number of phenolic OH excluding ortho intramolecular Hbond substituents is 1. The number of aryl methyl sites for hydroxylation is 1. The van der Waals surface area contributed by atoms with Gasteiger partial charge >= 0.3 is 12.1 Å². The van der Waals surface area contributed by atoms with Gasteiger partial charge in [-0.15, -0.1) is 0 Å². The van der Waals surface area contributed by atoms with Gasteiger partial charge in [-0.2, -0.15) is 13.2 Å². The summed E-state index contributed by atoms with van der Waals surface area (Å²) in [6.45, 7) is 10.9. The Morgan fingerprint density at radius 3 is 2.25 bits per heavy atom. The molecule has 0 atom stereocenters. The fourth-order valence-electron chi connectivity index (χ4n) is 2.89. The van der Waals surface area contributed by atoms with Gasteiger partial charge in [-0.1, -0.05) is 42.3 Å². The first kappa shape index (κ1) is 28.8. The van der Waals surface area contributed by atoms with Crippen LogP contribution in [-0.2, 0) is 28.5 Å². The maximum atomic E-state index is 12.8. The van der Waals surface area contributed by atoms with Crippen LogP contribution in [0.5, 0.6) is 17.2 Å². The van der Waals surface area contributed by atoms with Gasteiger partial charge in [0.25, 0.3) is 0 Å². The fourth-order valence-corrected chi connectivity index (χ4v) is 3.16. The summed E-state index contributed by atoms with van der Waals surface area (Å²) >= 11 is 11.6. The van der Waals surface area contributed by atoms with Crippen LogP contribution in [0, 0.1) is 6.57 Å². The Morgan fingerprint density at radius 2 is 1.67 bits per heavy atom. The maximum Gasteiger partial charge on any atom is 0.415 e. The number of ether oxygens (including phenoxy) is 2. The van der Waals surface area contributed by atoms with Crippen LogP contribution in [0.1, 0.15) is 30.5 Å². The van der Waals surface area contributed by atoms with Crippen LogP contribution in [-0.4, -0.2) is 17.7 Å². The molecule has 0 aliphatic heterocycles. The van der Waals surface area contributed by atoms with Crippen molar-refractivity contribution in [2.75, 3.05) is 6.61 Å². The Balaban J connectivity index is 0.000000281. The molecule has 1 N–H and O–H groups in total. The van der Waals surface area contributed by atoms with Crippen molar-refractivity contribution in [2.24, 2.45) is 0 Å². The van der Waals surface area contributed by atoms with E-state index in [2.05, 4.69) is 4.85 Å². The van der Waals surface area contributed by atoms with E-state index in [1.165, 1.54) is 12.1 Å². The van der Waals surface area contributed by atoms with Gasteiger partial charge < -0.3 is 14.6 Å². The van der Waals surface area contributed by atoms with Crippen LogP contribution in [0.25, 0.3) is 4.85 Å². The van der Waals surface area contributed by atoms with Gasteiger partial charge in [0.2, 0.25) is 0 Å². The summed E-state index contributed by atoms with van der Waals surface area (Å²) in [6.07, 6.45) is -3.66. The number of nitrogens with zero attached hydrogens (tertiary/aromatic N) is 1. The largest absolute Gasteiger partial charge is 0.506 e. The SMILES string of the molecule is CCOC(=O)Cc1ccc(Cl)c(O)c1.[C-]#[N+]c1cc(Oc2cc(CC)ccc2Cl)cc(C(F)(F)F)c1. The molecule has 0 bridgehead atoms. The van der Waals surface area contributed by atoms with E-state index in [1.54, 1.807) is 31.2 Å². The highest BCUT2D eigenvalue weighted by Crippen LogP contribution is 2.38. The second-order valence-electron chi connectivity index (χ2n) is 7.31. The third-order valence-electron chi connectivity index (χ3n) is 4.64. The number of carbonyl (C=O) groups excluding carboxylic acids is 1. The van der Waals surface area contributed by atoms with Gasteiger partial charge in [-0.25, -0.2) is 4.85 Å². The van der Waals surface area contributed by atoms with E-state index in [4.69, 9.17) is 39.2 Å². The highest BCUT2D eigenvalue weighted by molar-refractivity contribution is 6.32. The molecule has 0 saturated heterocycles. The van der Waals surface area contributed by atoms with Gasteiger partial charge in [0.15, 0.2) is 5.69 Å². The molecule has 5 nitrogen and oxygen atoms in total. The summed E-state index contributed by atoms with van der Waals surface area (Å²) in [6, 6.07) is 12.7. The van der Waals surface area contributed by atoms with Crippen LogP contribution in [0.2, 0.25) is 10.0 Å². The van der Waals surface area contributed by atoms with Crippen molar-refractivity contribution in [1.29, 1.82) is 0 Å². The van der Waals surface area contributed by atoms with Crippen LogP contribution in [0.3, 0.4) is 0 Å². The highest BCUT2D eigenvalue weighted by atomic mass is 35.5. The van der Waals surface area contributed by atoms with Gasteiger partial charge in [0, 0.05) is 5.56 Å².